The summed E-state index contributed by atoms with van der Waals surface area (Å²) in [6.45, 7) is 0. The molecule has 1 unspecified atom stereocenters. The molecule has 0 aliphatic heterocycles. The van der Waals surface area contributed by atoms with Crippen LogP contribution in [-0.4, -0.2) is 14.8 Å². The van der Waals surface area contributed by atoms with Crippen LogP contribution in [0.4, 0.5) is 0 Å². The first-order chi connectivity index (χ1) is 7.70. The lowest BCUT2D eigenvalue weighted by Crippen LogP contribution is -2.30. The number of rotatable bonds is 4. The fraction of sp³-hybridized carbons (Fsp3) is 0.333. The van der Waals surface area contributed by atoms with E-state index in [9.17, 15) is 0 Å². The topological polar surface area (TPSA) is 68.8 Å². The van der Waals surface area contributed by atoms with E-state index >= 15 is 0 Å². The van der Waals surface area contributed by atoms with Gasteiger partial charge in [0.25, 0.3) is 0 Å². The average molecular weight is 302 g/mol. The van der Waals surface area contributed by atoms with Crippen molar-refractivity contribution in [1.29, 1.82) is 0 Å². The van der Waals surface area contributed by atoms with Gasteiger partial charge in [-0.05, 0) is 32.9 Å². The maximum absolute atomic E-state index is 5.56. The van der Waals surface area contributed by atoms with Crippen molar-refractivity contribution in [2.45, 2.75) is 12.5 Å². The Bertz CT molecular complexity index is 466. The minimum atomic E-state index is 0.0606. The van der Waals surface area contributed by atoms with Gasteiger partial charge in [-0.1, -0.05) is 0 Å². The van der Waals surface area contributed by atoms with Gasteiger partial charge in [-0.3, -0.25) is 16.0 Å². The molecule has 0 radical (unpaired) electrons. The minimum Gasteiger partial charge on any atom is -0.271 e. The number of hydrogen-bond donors (Lipinski definition) is 2. The highest BCUT2D eigenvalue weighted by Gasteiger charge is 2.14. The first-order valence-corrected chi connectivity index (χ1v) is 6.41. The molecule has 2 aromatic heterocycles. The summed E-state index contributed by atoms with van der Waals surface area (Å²) in [5, 5.41) is 6.11. The lowest BCUT2D eigenvalue weighted by molar-refractivity contribution is 0.524. The second kappa shape index (κ2) is 5.05. The minimum absolute atomic E-state index is 0.0606. The number of hydrazine groups is 1. The van der Waals surface area contributed by atoms with Gasteiger partial charge in [0.2, 0.25) is 0 Å². The van der Waals surface area contributed by atoms with Crippen molar-refractivity contribution >= 4 is 27.3 Å². The fourth-order valence-electron chi connectivity index (χ4n) is 1.47. The summed E-state index contributed by atoms with van der Waals surface area (Å²) in [4.78, 5) is 4.18. The molecule has 2 heterocycles. The molecule has 3 N–H and O–H groups in total. The van der Waals surface area contributed by atoms with Crippen LogP contribution < -0.4 is 11.3 Å². The highest BCUT2D eigenvalue weighted by atomic mass is 79.9. The number of nitrogens with two attached hydrogens (primary N) is 1. The second-order valence-electron chi connectivity index (χ2n) is 3.41. The smallest absolute Gasteiger partial charge is 0.138 e. The monoisotopic (exact) mass is 301 g/mol. The van der Waals surface area contributed by atoms with Crippen LogP contribution in [0.25, 0.3) is 0 Å². The highest BCUT2D eigenvalue weighted by Crippen LogP contribution is 2.26. The highest BCUT2D eigenvalue weighted by molar-refractivity contribution is 9.11. The van der Waals surface area contributed by atoms with Gasteiger partial charge < -0.3 is 0 Å². The number of thiophene rings is 1. The Labute approximate surface area is 106 Å². The van der Waals surface area contributed by atoms with Gasteiger partial charge in [0.05, 0.1) is 9.83 Å². The molecule has 0 aromatic carbocycles. The van der Waals surface area contributed by atoms with Crippen LogP contribution in [0.2, 0.25) is 0 Å². The van der Waals surface area contributed by atoms with Crippen molar-refractivity contribution in [1.82, 2.24) is 20.2 Å². The zero-order valence-corrected chi connectivity index (χ0v) is 11.1. The molecule has 16 heavy (non-hydrogen) atoms. The fourth-order valence-corrected chi connectivity index (χ4v) is 2.70. The van der Waals surface area contributed by atoms with E-state index in [1.165, 1.54) is 0 Å². The maximum Gasteiger partial charge on any atom is 0.138 e. The van der Waals surface area contributed by atoms with Crippen LogP contribution in [0.15, 0.2) is 21.6 Å². The lowest BCUT2D eigenvalue weighted by Gasteiger charge is -2.13. The second-order valence-corrected chi connectivity index (χ2v) is 5.70. The van der Waals surface area contributed by atoms with Gasteiger partial charge >= 0.3 is 0 Å². The SMILES string of the molecule is Cn1ncnc1CC(NN)c1csc(Br)c1. The van der Waals surface area contributed by atoms with Crippen molar-refractivity contribution in [2.24, 2.45) is 12.9 Å². The number of aromatic nitrogens is 3. The van der Waals surface area contributed by atoms with E-state index in [0.29, 0.717) is 0 Å². The van der Waals surface area contributed by atoms with Gasteiger partial charge in [0.1, 0.15) is 12.2 Å². The molecule has 0 saturated heterocycles. The maximum atomic E-state index is 5.56. The Morgan fingerprint density at radius 3 is 3.00 bits per heavy atom. The van der Waals surface area contributed by atoms with E-state index in [2.05, 4.69) is 42.9 Å². The number of aryl methyl sites for hydroxylation is 1. The van der Waals surface area contributed by atoms with Gasteiger partial charge in [-0.2, -0.15) is 5.10 Å². The summed E-state index contributed by atoms with van der Waals surface area (Å²) in [7, 11) is 1.87. The number of halogens is 1. The van der Waals surface area contributed by atoms with E-state index in [4.69, 9.17) is 5.84 Å². The molecule has 0 bridgehead atoms. The van der Waals surface area contributed by atoms with Gasteiger partial charge in [-0.25, -0.2) is 4.98 Å². The Morgan fingerprint density at radius 1 is 1.69 bits per heavy atom. The molecule has 0 saturated carbocycles. The molecule has 7 heteroatoms. The van der Waals surface area contributed by atoms with Gasteiger partial charge in [0, 0.05) is 13.5 Å². The molecule has 0 spiro atoms. The van der Waals surface area contributed by atoms with Gasteiger partial charge in [-0.15, -0.1) is 11.3 Å². The predicted octanol–water partition coefficient (Wildman–Crippen LogP) is 1.39. The van der Waals surface area contributed by atoms with Crippen molar-refractivity contribution in [3.8, 4) is 0 Å². The van der Waals surface area contributed by atoms with E-state index in [1.807, 2.05) is 7.05 Å². The zero-order chi connectivity index (χ0) is 11.5. The van der Waals surface area contributed by atoms with Gasteiger partial charge in [0.15, 0.2) is 0 Å². The Balaban J connectivity index is 2.15. The first kappa shape index (κ1) is 11.7. The summed E-state index contributed by atoms with van der Waals surface area (Å²) in [5.74, 6) is 6.47. The largest absolute Gasteiger partial charge is 0.271 e. The van der Waals surface area contributed by atoms with Crippen LogP contribution in [0.3, 0.4) is 0 Å². The Hall–Kier alpha value is -0.760. The third-order valence-electron chi connectivity index (χ3n) is 2.38. The standard InChI is InChI=1S/C9H12BrN5S/c1-15-9(12-5-13-15)3-7(14-11)6-2-8(10)16-4-6/h2,4-5,7,14H,3,11H2,1H3. The predicted molar refractivity (Wildman–Crippen MR) is 66.8 cm³/mol. The van der Waals surface area contributed by atoms with Crippen LogP contribution in [0.5, 0.6) is 0 Å². The molecule has 0 amide bonds. The van der Waals surface area contributed by atoms with Crippen molar-refractivity contribution in [2.75, 3.05) is 0 Å². The zero-order valence-electron chi connectivity index (χ0n) is 8.72. The molecule has 0 aliphatic rings. The van der Waals surface area contributed by atoms with E-state index in [1.54, 1.807) is 22.3 Å². The summed E-state index contributed by atoms with van der Waals surface area (Å²) < 4.78 is 2.85. The number of nitrogens with one attached hydrogen (secondary N) is 1. The van der Waals surface area contributed by atoms with E-state index < -0.39 is 0 Å². The molecular weight excluding hydrogens is 290 g/mol. The lowest BCUT2D eigenvalue weighted by atomic mass is 10.1. The molecule has 2 aromatic rings. The molecule has 86 valence electrons. The summed E-state index contributed by atoms with van der Waals surface area (Å²) in [5.41, 5.74) is 3.96. The summed E-state index contributed by atoms with van der Waals surface area (Å²) >= 11 is 5.08. The molecular formula is C9H12BrN5S. The molecule has 1 atom stereocenters. The van der Waals surface area contributed by atoms with Crippen LogP contribution in [0, 0.1) is 0 Å². The number of hydrogen-bond acceptors (Lipinski definition) is 5. The quantitative estimate of drug-likeness (QED) is 0.661. The molecule has 5 nitrogen and oxygen atoms in total. The summed E-state index contributed by atoms with van der Waals surface area (Å²) in [6, 6.07) is 2.12. The van der Waals surface area contributed by atoms with Crippen LogP contribution in [0.1, 0.15) is 17.4 Å². The Kier molecular flexibility index (Phi) is 3.70. The first-order valence-electron chi connectivity index (χ1n) is 4.73. The van der Waals surface area contributed by atoms with Crippen LogP contribution >= 0.6 is 27.3 Å². The number of nitrogens with zero attached hydrogens (tertiary/aromatic N) is 3. The molecule has 2 rings (SSSR count). The normalized spacial score (nSPS) is 12.9. The third-order valence-corrected chi connectivity index (χ3v) is 3.91. The summed E-state index contributed by atoms with van der Waals surface area (Å²) in [6.07, 6.45) is 2.27. The van der Waals surface area contributed by atoms with Crippen LogP contribution in [-0.2, 0) is 13.5 Å². The molecule has 0 fully saturated rings. The van der Waals surface area contributed by atoms with Crippen molar-refractivity contribution in [3.05, 3.63) is 32.9 Å². The Morgan fingerprint density at radius 2 is 2.50 bits per heavy atom. The van der Waals surface area contributed by atoms with Crippen molar-refractivity contribution < 1.29 is 0 Å². The van der Waals surface area contributed by atoms with E-state index in [-0.39, 0.29) is 6.04 Å². The van der Waals surface area contributed by atoms with E-state index in [0.717, 1.165) is 21.6 Å². The van der Waals surface area contributed by atoms with Crippen molar-refractivity contribution in [3.63, 3.8) is 0 Å². The third kappa shape index (κ3) is 2.49. The average Bonchev–Trinajstić information content (AvgIpc) is 2.85. The molecule has 0 aliphatic carbocycles.